The fourth-order valence-corrected chi connectivity index (χ4v) is 3.84. The van der Waals surface area contributed by atoms with Gasteiger partial charge in [-0.15, -0.1) is 0 Å². The van der Waals surface area contributed by atoms with Gasteiger partial charge in [-0.1, -0.05) is 12.1 Å². The Bertz CT molecular complexity index is 891. The van der Waals surface area contributed by atoms with E-state index in [0.717, 1.165) is 48.5 Å². The summed E-state index contributed by atoms with van der Waals surface area (Å²) in [7, 11) is 1.71. The van der Waals surface area contributed by atoms with Crippen molar-refractivity contribution >= 4 is 11.0 Å². The number of nitrogens with zero attached hydrogens (tertiary/aromatic N) is 4. The van der Waals surface area contributed by atoms with Crippen molar-refractivity contribution in [2.24, 2.45) is 5.73 Å². The molecule has 0 amide bonds. The maximum absolute atomic E-state index is 5.74. The number of methoxy groups -OCH3 is 1. The molecular weight excluding hydrogens is 326 g/mol. The number of hydrogen-bond acceptors (Lipinski definition) is 5. The number of fused-ring (bicyclic) bond motifs is 1. The lowest BCUT2D eigenvalue weighted by Crippen LogP contribution is -2.20. The molecule has 1 atom stereocenters. The van der Waals surface area contributed by atoms with E-state index in [1.807, 2.05) is 23.0 Å². The summed E-state index contributed by atoms with van der Waals surface area (Å²) in [6.45, 7) is 4.30. The van der Waals surface area contributed by atoms with Crippen molar-refractivity contribution in [3.63, 3.8) is 0 Å². The van der Waals surface area contributed by atoms with Crippen LogP contribution in [-0.4, -0.2) is 46.4 Å². The molecule has 0 radical (unpaired) electrons. The maximum Gasteiger partial charge on any atom is 0.158 e. The predicted octanol–water partition coefficient (Wildman–Crippen LogP) is 2.39. The topological polar surface area (TPSA) is 69.2 Å². The van der Waals surface area contributed by atoms with Gasteiger partial charge in [-0.2, -0.15) is 5.10 Å². The SMILES string of the molecule is COc1cccc(CN2CC[C@@H](c3nn(CCN)c4ncccc34)C2)c1. The van der Waals surface area contributed by atoms with Gasteiger partial charge < -0.3 is 10.5 Å². The second-order valence-electron chi connectivity index (χ2n) is 6.84. The molecule has 1 aliphatic rings. The quantitative estimate of drug-likeness (QED) is 0.738. The largest absolute Gasteiger partial charge is 0.497 e. The molecule has 0 aliphatic carbocycles. The Morgan fingerprint density at radius 1 is 1.27 bits per heavy atom. The molecule has 1 aromatic carbocycles. The van der Waals surface area contributed by atoms with Crippen LogP contribution < -0.4 is 10.5 Å². The van der Waals surface area contributed by atoms with E-state index in [1.165, 1.54) is 5.56 Å². The van der Waals surface area contributed by atoms with E-state index in [-0.39, 0.29) is 0 Å². The van der Waals surface area contributed by atoms with Crippen molar-refractivity contribution < 1.29 is 4.74 Å². The van der Waals surface area contributed by atoms with Crippen molar-refractivity contribution in [1.29, 1.82) is 0 Å². The van der Waals surface area contributed by atoms with E-state index in [4.69, 9.17) is 15.6 Å². The zero-order valence-electron chi connectivity index (χ0n) is 15.1. The van der Waals surface area contributed by atoms with Gasteiger partial charge in [0.05, 0.1) is 19.3 Å². The number of nitrogens with two attached hydrogens (primary N) is 1. The van der Waals surface area contributed by atoms with Gasteiger partial charge in [-0.05, 0) is 42.8 Å². The van der Waals surface area contributed by atoms with Gasteiger partial charge in [0.15, 0.2) is 5.65 Å². The molecule has 0 bridgehead atoms. The van der Waals surface area contributed by atoms with E-state index in [2.05, 4.69) is 34.1 Å². The standard InChI is InChI=1S/C20H25N5O/c1-26-17-5-2-4-15(12-17)13-24-10-7-16(14-24)19-18-6-3-9-22-20(18)25(23-19)11-8-21/h2-6,9,12,16H,7-8,10-11,13-14,21H2,1H3/t16-/m1/s1. The predicted molar refractivity (Wildman–Crippen MR) is 102 cm³/mol. The molecule has 0 spiro atoms. The van der Waals surface area contributed by atoms with Crippen LogP contribution in [0.3, 0.4) is 0 Å². The smallest absolute Gasteiger partial charge is 0.158 e. The number of rotatable bonds is 6. The Morgan fingerprint density at radius 3 is 3.04 bits per heavy atom. The fraction of sp³-hybridized carbons (Fsp3) is 0.400. The second-order valence-corrected chi connectivity index (χ2v) is 6.84. The Labute approximate surface area is 153 Å². The maximum atomic E-state index is 5.74. The molecule has 3 heterocycles. The number of likely N-dealkylation sites (tertiary alicyclic amines) is 1. The monoisotopic (exact) mass is 351 g/mol. The highest BCUT2D eigenvalue weighted by Gasteiger charge is 2.28. The number of benzene rings is 1. The van der Waals surface area contributed by atoms with Crippen LogP contribution in [-0.2, 0) is 13.1 Å². The lowest BCUT2D eigenvalue weighted by atomic mass is 10.0. The van der Waals surface area contributed by atoms with E-state index in [0.29, 0.717) is 19.0 Å². The van der Waals surface area contributed by atoms with Gasteiger partial charge in [0.2, 0.25) is 0 Å². The number of ether oxygens (including phenoxy) is 1. The van der Waals surface area contributed by atoms with Crippen molar-refractivity contribution in [3.8, 4) is 5.75 Å². The summed E-state index contributed by atoms with van der Waals surface area (Å²) in [6, 6.07) is 12.4. The zero-order valence-corrected chi connectivity index (χ0v) is 15.1. The van der Waals surface area contributed by atoms with Crippen LogP contribution >= 0.6 is 0 Å². The summed E-state index contributed by atoms with van der Waals surface area (Å²) in [5.74, 6) is 1.35. The minimum absolute atomic E-state index is 0.436. The van der Waals surface area contributed by atoms with Crippen LogP contribution in [0.25, 0.3) is 11.0 Å². The molecule has 2 N–H and O–H groups in total. The summed E-state index contributed by atoms with van der Waals surface area (Å²) in [5, 5.41) is 6.02. The van der Waals surface area contributed by atoms with Crippen LogP contribution in [0.4, 0.5) is 0 Å². The molecule has 1 fully saturated rings. The first kappa shape index (κ1) is 17.0. The lowest BCUT2D eigenvalue weighted by molar-refractivity contribution is 0.325. The molecule has 0 saturated carbocycles. The first-order valence-corrected chi connectivity index (χ1v) is 9.15. The number of pyridine rings is 1. The van der Waals surface area contributed by atoms with Gasteiger partial charge >= 0.3 is 0 Å². The summed E-state index contributed by atoms with van der Waals surface area (Å²) in [5.41, 5.74) is 9.13. The van der Waals surface area contributed by atoms with E-state index < -0.39 is 0 Å². The highest BCUT2D eigenvalue weighted by molar-refractivity contribution is 5.78. The van der Waals surface area contributed by atoms with Crippen LogP contribution in [0.15, 0.2) is 42.6 Å². The Balaban J connectivity index is 1.52. The Hall–Kier alpha value is -2.44. The fourth-order valence-electron chi connectivity index (χ4n) is 3.84. The molecule has 26 heavy (non-hydrogen) atoms. The van der Waals surface area contributed by atoms with Gasteiger partial charge in [0.1, 0.15) is 5.75 Å². The average molecular weight is 351 g/mol. The third-order valence-electron chi connectivity index (χ3n) is 5.08. The van der Waals surface area contributed by atoms with E-state index in [9.17, 15) is 0 Å². The lowest BCUT2D eigenvalue weighted by Gasteiger charge is -2.16. The van der Waals surface area contributed by atoms with Gasteiger partial charge in [0, 0.05) is 37.1 Å². The first-order valence-electron chi connectivity index (χ1n) is 9.15. The first-order chi connectivity index (χ1) is 12.8. The summed E-state index contributed by atoms with van der Waals surface area (Å²) in [6.07, 6.45) is 2.94. The van der Waals surface area contributed by atoms with Crippen molar-refractivity contribution in [2.75, 3.05) is 26.7 Å². The Kier molecular flexibility index (Phi) is 4.86. The summed E-state index contributed by atoms with van der Waals surface area (Å²) < 4.78 is 7.29. The summed E-state index contributed by atoms with van der Waals surface area (Å²) >= 11 is 0. The van der Waals surface area contributed by atoms with Crippen molar-refractivity contribution in [2.45, 2.75) is 25.4 Å². The molecule has 136 valence electrons. The van der Waals surface area contributed by atoms with Gasteiger partial charge in [-0.3, -0.25) is 4.90 Å². The molecule has 0 unspecified atom stereocenters. The molecule has 6 nitrogen and oxygen atoms in total. The average Bonchev–Trinajstić information content (AvgIpc) is 3.27. The highest BCUT2D eigenvalue weighted by Crippen LogP contribution is 2.32. The van der Waals surface area contributed by atoms with Gasteiger partial charge in [-0.25, -0.2) is 9.67 Å². The van der Waals surface area contributed by atoms with E-state index in [1.54, 1.807) is 7.11 Å². The molecule has 1 aliphatic heterocycles. The summed E-state index contributed by atoms with van der Waals surface area (Å²) in [4.78, 5) is 7.00. The second kappa shape index (κ2) is 7.43. The zero-order chi connectivity index (χ0) is 17.9. The molecule has 2 aromatic heterocycles. The molecule has 6 heteroatoms. The number of aromatic nitrogens is 3. The minimum atomic E-state index is 0.436. The van der Waals surface area contributed by atoms with Crippen LogP contribution in [0, 0.1) is 0 Å². The van der Waals surface area contributed by atoms with Crippen LogP contribution in [0.1, 0.15) is 23.6 Å². The molecule has 1 saturated heterocycles. The van der Waals surface area contributed by atoms with Crippen LogP contribution in [0.2, 0.25) is 0 Å². The van der Waals surface area contributed by atoms with Crippen molar-refractivity contribution in [1.82, 2.24) is 19.7 Å². The highest BCUT2D eigenvalue weighted by atomic mass is 16.5. The third kappa shape index (κ3) is 3.30. The van der Waals surface area contributed by atoms with Gasteiger partial charge in [0.25, 0.3) is 0 Å². The minimum Gasteiger partial charge on any atom is -0.497 e. The van der Waals surface area contributed by atoms with E-state index >= 15 is 0 Å². The van der Waals surface area contributed by atoms with Crippen molar-refractivity contribution in [3.05, 3.63) is 53.9 Å². The Morgan fingerprint density at radius 2 is 2.19 bits per heavy atom. The van der Waals surface area contributed by atoms with Crippen LogP contribution in [0.5, 0.6) is 5.75 Å². The number of hydrogen-bond donors (Lipinski definition) is 1. The molecule has 4 rings (SSSR count). The third-order valence-corrected chi connectivity index (χ3v) is 5.08. The normalized spacial score (nSPS) is 17.8. The molecule has 3 aromatic rings. The molecular formula is C20H25N5O.